The van der Waals surface area contributed by atoms with Crippen molar-refractivity contribution in [1.82, 2.24) is 25.4 Å². The normalized spacial score (nSPS) is 20.9. The van der Waals surface area contributed by atoms with Crippen molar-refractivity contribution in [2.24, 2.45) is 0 Å². The van der Waals surface area contributed by atoms with Crippen LogP contribution in [0.2, 0.25) is 0 Å². The molecule has 1 aliphatic heterocycles. The maximum atomic E-state index is 16.0. The molecule has 6 rings (SSSR count). The zero-order valence-electron chi connectivity index (χ0n) is 23.3. The van der Waals surface area contributed by atoms with E-state index in [2.05, 4.69) is 25.8 Å². The predicted octanol–water partition coefficient (Wildman–Crippen LogP) is 4.59. The van der Waals surface area contributed by atoms with Crippen molar-refractivity contribution >= 4 is 22.6 Å². The first-order valence-electron chi connectivity index (χ1n) is 14.2. The lowest BCUT2D eigenvalue weighted by Crippen LogP contribution is -2.35. The van der Waals surface area contributed by atoms with Gasteiger partial charge in [0.15, 0.2) is 5.65 Å². The Hall–Kier alpha value is -4.02. The van der Waals surface area contributed by atoms with E-state index in [9.17, 15) is 9.90 Å². The fraction of sp³-hybridized carbons (Fsp3) is 0.387. The van der Waals surface area contributed by atoms with E-state index in [0.717, 1.165) is 17.4 Å². The Morgan fingerprint density at radius 2 is 1.90 bits per heavy atom. The zero-order valence-corrected chi connectivity index (χ0v) is 23.3. The van der Waals surface area contributed by atoms with Crippen LogP contribution < -0.4 is 15.4 Å². The molecule has 1 atom stereocenters. The van der Waals surface area contributed by atoms with Crippen LogP contribution in [0.25, 0.3) is 33.4 Å². The SMILES string of the molecule is CNC1CCN(C(=O)c2cc(-c3cnc4[nH]nc(-c5ccccc5OC)c4c3)cc(F)c2N[C@H]2CC[C@H](O)CC2)C1. The van der Waals surface area contributed by atoms with Gasteiger partial charge >= 0.3 is 0 Å². The molecule has 4 N–H and O–H groups in total. The molecule has 2 aliphatic rings. The van der Waals surface area contributed by atoms with Gasteiger partial charge in [0, 0.05) is 47.9 Å². The molecule has 1 saturated carbocycles. The first kappa shape index (κ1) is 27.2. The van der Waals surface area contributed by atoms with Gasteiger partial charge in [0.1, 0.15) is 17.3 Å². The minimum Gasteiger partial charge on any atom is -0.496 e. The van der Waals surface area contributed by atoms with Crippen molar-refractivity contribution in [2.75, 3.05) is 32.6 Å². The van der Waals surface area contributed by atoms with E-state index in [1.54, 1.807) is 24.3 Å². The summed E-state index contributed by atoms with van der Waals surface area (Å²) >= 11 is 0. The van der Waals surface area contributed by atoms with Gasteiger partial charge in [-0.15, -0.1) is 0 Å². The minimum absolute atomic E-state index is 0.0127. The number of nitrogens with zero attached hydrogens (tertiary/aromatic N) is 3. The van der Waals surface area contributed by atoms with Gasteiger partial charge in [-0.1, -0.05) is 12.1 Å². The number of aromatic nitrogens is 3. The Labute approximate surface area is 238 Å². The van der Waals surface area contributed by atoms with Crippen LogP contribution in [0.4, 0.5) is 10.1 Å². The molecule has 2 aromatic heterocycles. The fourth-order valence-corrected chi connectivity index (χ4v) is 5.97. The number of H-pyrrole nitrogens is 1. The van der Waals surface area contributed by atoms with Crippen LogP contribution in [-0.4, -0.2) is 76.5 Å². The second-order valence-electron chi connectivity index (χ2n) is 10.9. The monoisotopic (exact) mass is 558 g/mol. The van der Waals surface area contributed by atoms with E-state index in [0.29, 0.717) is 72.6 Å². The van der Waals surface area contributed by atoms with Crippen LogP contribution >= 0.6 is 0 Å². The van der Waals surface area contributed by atoms with Crippen LogP contribution in [-0.2, 0) is 0 Å². The Morgan fingerprint density at radius 3 is 2.66 bits per heavy atom. The lowest BCUT2D eigenvalue weighted by atomic mass is 9.92. The molecule has 0 radical (unpaired) electrons. The molecule has 214 valence electrons. The summed E-state index contributed by atoms with van der Waals surface area (Å²) in [6.45, 7) is 1.18. The molecule has 0 bridgehead atoms. The molecule has 1 unspecified atom stereocenters. The topological polar surface area (TPSA) is 115 Å². The van der Waals surface area contributed by atoms with E-state index in [1.807, 2.05) is 37.4 Å². The van der Waals surface area contributed by atoms with Crippen molar-refractivity contribution < 1.29 is 19.0 Å². The number of carbonyl (C=O) groups is 1. The average Bonchev–Trinajstić information content (AvgIpc) is 3.66. The molecule has 1 aliphatic carbocycles. The lowest BCUT2D eigenvalue weighted by molar-refractivity contribution is 0.0790. The van der Waals surface area contributed by atoms with Crippen LogP contribution in [0.1, 0.15) is 42.5 Å². The van der Waals surface area contributed by atoms with Crippen LogP contribution in [0.3, 0.4) is 0 Å². The number of methoxy groups -OCH3 is 1. The van der Waals surface area contributed by atoms with Gasteiger partial charge in [0.2, 0.25) is 0 Å². The van der Waals surface area contributed by atoms with Crippen LogP contribution in [0.15, 0.2) is 48.7 Å². The van der Waals surface area contributed by atoms with E-state index in [1.165, 1.54) is 6.07 Å². The quantitative estimate of drug-likeness (QED) is 0.262. The number of nitrogens with one attached hydrogen (secondary N) is 3. The second kappa shape index (κ2) is 11.5. The molecular weight excluding hydrogens is 523 g/mol. The summed E-state index contributed by atoms with van der Waals surface area (Å²) in [5, 5.41) is 24.7. The number of aliphatic hydroxyl groups excluding tert-OH is 1. The number of fused-ring (bicyclic) bond motifs is 1. The highest BCUT2D eigenvalue weighted by Gasteiger charge is 2.30. The highest BCUT2D eigenvalue weighted by atomic mass is 19.1. The molecule has 1 saturated heterocycles. The van der Waals surface area contributed by atoms with Crippen LogP contribution in [0, 0.1) is 5.82 Å². The van der Waals surface area contributed by atoms with Crippen molar-refractivity contribution in [3.8, 4) is 28.1 Å². The van der Waals surface area contributed by atoms with E-state index in [4.69, 9.17) is 4.74 Å². The molecule has 2 aromatic carbocycles. The standard InChI is InChI=1S/C31H35FN6O3/c1-33-21-11-12-38(17-21)31(40)25-13-18(15-26(32)29(25)35-20-7-9-22(39)10-8-20)19-14-24-28(36-37-30(24)34-16-19)23-5-3-4-6-27(23)41-2/h3-6,13-16,20-22,33,35,39H,7-12,17H2,1-2H3,(H,34,36,37)/t20-,21?,22-. The summed E-state index contributed by atoms with van der Waals surface area (Å²) in [5.41, 5.74) is 3.84. The van der Waals surface area contributed by atoms with E-state index < -0.39 is 5.82 Å². The van der Waals surface area contributed by atoms with Gasteiger partial charge in [0.25, 0.3) is 5.91 Å². The number of likely N-dealkylation sites (N-methyl/N-ethyl adjacent to an activating group) is 1. The molecule has 3 heterocycles. The Morgan fingerprint density at radius 1 is 1.10 bits per heavy atom. The highest BCUT2D eigenvalue weighted by Crippen LogP contribution is 2.36. The number of ether oxygens (including phenoxy) is 1. The predicted molar refractivity (Wildman–Crippen MR) is 157 cm³/mol. The Balaban J connectivity index is 1.41. The summed E-state index contributed by atoms with van der Waals surface area (Å²) in [7, 11) is 3.50. The number of aromatic amines is 1. The first-order valence-corrected chi connectivity index (χ1v) is 14.2. The third-order valence-corrected chi connectivity index (χ3v) is 8.36. The fourth-order valence-electron chi connectivity index (χ4n) is 5.97. The number of aliphatic hydroxyl groups is 1. The van der Waals surface area contributed by atoms with E-state index in [-0.39, 0.29) is 29.8 Å². The highest BCUT2D eigenvalue weighted by molar-refractivity contribution is 6.02. The largest absolute Gasteiger partial charge is 0.496 e. The summed E-state index contributed by atoms with van der Waals surface area (Å²) < 4.78 is 21.5. The molecule has 2 fully saturated rings. The number of hydrogen-bond acceptors (Lipinski definition) is 7. The maximum Gasteiger partial charge on any atom is 0.256 e. The average molecular weight is 559 g/mol. The van der Waals surface area contributed by atoms with E-state index >= 15 is 4.39 Å². The number of rotatable bonds is 7. The second-order valence-corrected chi connectivity index (χ2v) is 10.9. The van der Waals surface area contributed by atoms with Crippen molar-refractivity contribution in [3.05, 3.63) is 60.0 Å². The van der Waals surface area contributed by atoms with Gasteiger partial charge in [-0.2, -0.15) is 5.10 Å². The van der Waals surface area contributed by atoms with Gasteiger partial charge in [-0.3, -0.25) is 9.89 Å². The molecule has 10 heteroatoms. The number of likely N-dealkylation sites (tertiary alicyclic amines) is 1. The first-order chi connectivity index (χ1) is 19.9. The lowest BCUT2D eigenvalue weighted by Gasteiger charge is -2.29. The number of pyridine rings is 1. The van der Waals surface area contributed by atoms with Crippen molar-refractivity contribution in [2.45, 2.75) is 50.3 Å². The van der Waals surface area contributed by atoms with Crippen LogP contribution in [0.5, 0.6) is 5.75 Å². The third kappa shape index (κ3) is 5.37. The third-order valence-electron chi connectivity index (χ3n) is 8.36. The summed E-state index contributed by atoms with van der Waals surface area (Å²) in [4.78, 5) is 20.2. The molecule has 41 heavy (non-hydrogen) atoms. The molecule has 4 aromatic rings. The number of anilines is 1. The van der Waals surface area contributed by atoms with Crippen molar-refractivity contribution in [3.63, 3.8) is 0 Å². The van der Waals surface area contributed by atoms with Gasteiger partial charge in [0.05, 0.1) is 24.5 Å². The van der Waals surface area contributed by atoms with Gasteiger partial charge < -0.3 is 25.4 Å². The molecule has 9 nitrogen and oxygen atoms in total. The summed E-state index contributed by atoms with van der Waals surface area (Å²) in [6, 6.07) is 13.0. The summed E-state index contributed by atoms with van der Waals surface area (Å²) in [6.07, 6.45) is 4.93. The maximum absolute atomic E-state index is 16.0. The van der Waals surface area contributed by atoms with Crippen molar-refractivity contribution in [1.29, 1.82) is 0 Å². The van der Waals surface area contributed by atoms with Gasteiger partial charge in [-0.05, 0) is 75.0 Å². The number of hydrogen-bond donors (Lipinski definition) is 4. The Kier molecular flexibility index (Phi) is 7.59. The summed E-state index contributed by atoms with van der Waals surface area (Å²) in [5.74, 6) is -0.00569. The number of amides is 1. The number of carbonyl (C=O) groups excluding carboxylic acids is 1. The smallest absolute Gasteiger partial charge is 0.256 e. The van der Waals surface area contributed by atoms with Gasteiger partial charge in [-0.25, -0.2) is 9.37 Å². The Bertz CT molecular complexity index is 1560. The molecule has 0 spiro atoms. The zero-order chi connectivity index (χ0) is 28.5. The number of para-hydroxylation sites is 1. The molecular formula is C31H35FN6O3. The number of halogens is 1. The minimum atomic E-state index is -0.487. The number of benzene rings is 2. The molecule has 1 amide bonds.